The lowest BCUT2D eigenvalue weighted by Gasteiger charge is -2.34. The SMILES string of the molecule is CCc1ccc2oc(=O)cc(CN3CCN(Cc4ccc(Cl)cc4)CC3)c2c1. The molecule has 1 aliphatic rings. The lowest BCUT2D eigenvalue weighted by Crippen LogP contribution is -2.45. The van der Waals surface area contributed by atoms with Crippen LogP contribution in [0.15, 0.2) is 57.7 Å². The van der Waals surface area contributed by atoms with E-state index in [1.807, 2.05) is 24.3 Å². The molecule has 2 heterocycles. The molecule has 1 aliphatic heterocycles. The van der Waals surface area contributed by atoms with Crippen LogP contribution >= 0.6 is 11.6 Å². The number of nitrogens with zero attached hydrogens (tertiary/aromatic N) is 2. The molecule has 0 unspecified atom stereocenters. The Bertz CT molecular complexity index is 1010. The maximum absolute atomic E-state index is 12.0. The number of hydrogen-bond acceptors (Lipinski definition) is 4. The fraction of sp³-hybridized carbons (Fsp3) is 0.348. The molecule has 0 atom stereocenters. The average molecular weight is 397 g/mol. The minimum absolute atomic E-state index is 0.270. The maximum atomic E-state index is 12.0. The minimum Gasteiger partial charge on any atom is -0.423 e. The van der Waals surface area contributed by atoms with Crippen molar-refractivity contribution >= 4 is 22.6 Å². The number of halogens is 1. The first kappa shape index (κ1) is 19.2. The Morgan fingerprint density at radius 3 is 2.21 bits per heavy atom. The Kier molecular flexibility index (Phi) is 5.81. The van der Waals surface area contributed by atoms with E-state index < -0.39 is 0 Å². The molecule has 0 aliphatic carbocycles. The Labute approximate surface area is 170 Å². The zero-order chi connectivity index (χ0) is 19.5. The van der Waals surface area contributed by atoms with Crippen molar-refractivity contribution in [3.8, 4) is 0 Å². The number of rotatable bonds is 5. The van der Waals surface area contributed by atoms with Crippen molar-refractivity contribution in [2.24, 2.45) is 0 Å². The van der Waals surface area contributed by atoms with Gasteiger partial charge in [0.1, 0.15) is 5.58 Å². The number of hydrogen-bond donors (Lipinski definition) is 0. The summed E-state index contributed by atoms with van der Waals surface area (Å²) in [6.07, 6.45) is 0.970. The first-order valence-electron chi connectivity index (χ1n) is 9.85. The van der Waals surface area contributed by atoms with Gasteiger partial charge in [0.15, 0.2) is 0 Å². The molecule has 1 fully saturated rings. The van der Waals surface area contributed by atoms with Crippen LogP contribution in [0.5, 0.6) is 0 Å². The minimum atomic E-state index is -0.270. The van der Waals surface area contributed by atoms with Crippen molar-refractivity contribution in [3.63, 3.8) is 0 Å². The quantitative estimate of drug-likeness (QED) is 0.601. The zero-order valence-electron chi connectivity index (χ0n) is 16.2. The van der Waals surface area contributed by atoms with E-state index >= 15 is 0 Å². The number of aryl methyl sites for hydroxylation is 1. The van der Waals surface area contributed by atoms with Gasteiger partial charge in [0.25, 0.3) is 0 Å². The topological polar surface area (TPSA) is 36.7 Å². The van der Waals surface area contributed by atoms with Crippen LogP contribution in [0, 0.1) is 0 Å². The molecule has 4 rings (SSSR count). The van der Waals surface area contributed by atoms with Crippen molar-refractivity contribution in [3.05, 3.63) is 80.7 Å². The monoisotopic (exact) mass is 396 g/mol. The normalized spacial score (nSPS) is 15.9. The third kappa shape index (κ3) is 4.46. The van der Waals surface area contributed by atoms with Gasteiger partial charge in [-0.25, -0.2) is 4.79 Å². The van der Waals surface area contributed by atoms with Crippen molar-refractivity contribution in [2.45, 2.75) is 26.4 Å². The molecular weight excluding hydrogens is 372 g/mol. The maximum Gasteiger partial charge on any atom is 0.336 e. The molecule has 0 N–H and O–H groups in total. The van der Waals surface area contributed by atoms with Crippen LogP contribution in [-0.4, -0.2) is 36.0 Å². The van der Waals surface area contributed by atoms with Crippen LogP contribution in [0.4, 0.5) is 0 Å². The van der Waals surface area contributed by atoms with Crippen molar-refractivity contribution in [2.75, 3.05) is 26.2 Å². The van der Waals surface area contributed by atoms with Gasteiger partial charge < -0.3 is 4.42 Å². The number of piperazine rings is 1. The zero-order valence-corrected chi connectivity index (χ0v) is 16.9. The first-order chi connectivity index (χ1) is 13.6. The number of fused-ring (bicyclic) bond motifs is 1. The van der Waals surface area contributed by atoms with Gasteiger partial charge >= 0.3 is 5.63 Å². The van der Waals surface area contributed by atoms with E-state index in [1.54, 1.807) is 6.07 Å². The van der Waals surface area contributed by atoms with E-state index in [0.717, 1.165) is 61.7 Å². The van der Waals surface area contributed by atoms with Gasteiger partial charge in [-0.15, -0.1) is 0 Å². The fourth-order valence-electron chi connectivity index (χ4n) is 3.82. The molecular formula is C23H25ClN2O2. The predicted molar refractivity (Wildman–Crippen MR) is 114 cm³/mol. The molecule has 3 aromatic rings. The van der Waals surface area contributed by atoms with Gasteiger partial charge in [-0.2, -0.15) is 0 Å². The third-order valence-electron chi connectivity index (χ3n) is 5.48. The van der Waals surface area contributed by atoms with Crippen molar-refractivity contribution in [1.29, 1.82) is 0 Å². The molecule has 5 heteroatoms. The van der Waals surface area contributed by atoms with Crippen molar-refractivity contribution < 1.29 is 4.42 Å². The van der Waals surface area contributed by atoms with Crippen molar-refractivity contribution in [1.82, 2.24) is 9.80 Å². The van der Waals surface area contributed by atoms with Gasteiger partial charge in [0.05, 0.1) is 0 Å². The lowest BCUT2D eigenvalue weighted by molar-refractivity contribution is 0.122. The average Bonchev–Trinajstić information content (AvgIpc) is 2.71. The highest BCUT2D eigenvalue weighted by molar-refractivity contribution is 6.30. The van der Waals surface area contributed by atoms with Gasteiger partial charge in [-0.1, -0.05) is 36.7 Å². The summed E-state index contributed by atoms with van der Waals surface area (Å²) < 4.78 is 5.39. The first-order valence-corrected chi connectivity index (χ1v) is 10.2. The molecule has 0 saturated carbocycles. The second kappa shape index (κ2) is 8.48. The van der Waals surface area contributed by atoms with Crippen LogP contribution < -0.4 is 5.63 Å². The molecule has 1 saturated heterocycles. The summed E-state index contributed by atoms with van der Waals surface area (Å²) in [6.45, 7) is 7.88. The highest BCUT2D eigenvalue weighted by Gasteiger charge is 2.18. The molecule has 0 spiro atoms. The molecule has 0 bridgehead atoms. The van der Waals surface area contributed by atoms with Gasteiger partial charge in [-0.3, -0.25) is 9.80 Å². The van der Waals surface area contributed by atoms with Crippen LogP contribution in [0.1, 0.15) is 23.6 Å². The van der Waals surface area contributed by atoms with Gasteiger partial charge in [0.2, 0.25) is 0 Å². The highest BCUT2D eigenvalue weighted by Crippen LogP contribution is 2.21. The standard InChI is InChI=1S/C23H25ClN2O2/c1-2-17-5-8-22-21(13-17)19(14-23(27)28-22)16-26-11-9-25(10-12-26)15-18-3-6-20(24)7-4-18/h3-8,13-14H,2,9-12,15-16H2,1H3. The predicted octanol–water partition coefficient (Wildman–Crippen LogP) is 4.33. The van der Waals surface area contributed by atoms with E-state index in [1.165, 1.54) is 11.1 Å². The second-order valence-electron chi connectivity index (χ2n) is 7.45. The fourth-order valence-corrected chi connectivity index (χ4v) is 3.95. The molecule has 0 radical (unpaired) electrons. The molecule has 0 amide bonds. The Balaban J connectivity index is 1.43. The molecule has 28 heavy (non-hydrogen) atoms. The second-order valence-corrected chi connectivity index (χ2v) is 7.89. The Morgan fingerprint density at radius 1 is 0.893 bits per heavy atom. The van der Waals surface area contributed by atoms with Crippen LogP contribution in [0.3, 0.4) is 0 Å². The Morgan fingerprint density at radius 2 is 1.54 bits per heavy atom. The van der Waals surface area contributed by atoms with Gasteiger partial charge in [-0.05, 0) is 47.4 Å². The smallest absolute Gasteiger partial charge is 0.336 e. The summed E-state index contributed by atoms with van der Waals surface area (Å²) in [4.78, 5) is 16.9. The van der Waals surface area contributed by atoms with Crippen LogP contribution in [-0.2, 0) is 19.5 Å². The lowest BCUT2D eigenvalue weighted by atomic mass is 10.0. The Hall–Kier alpha value is -2.14. The van der Waals surface area contributed by atoms with E-state index in [4.69, 9.17) is 16.0 Å². The van der Waals surface area contributed by atoms with E-state index in [2.05, 4.69) is 34.9 Å². The van der Waals surface area contributed by atoms with Crippen LogP contribution in [0.2, 0.25) is 5.02 Å². The molecule has 146 valence electrons. The third-order valence-corrected chi connectivity index (χ3v) is 5.73. The molecule has 4 nitrogen and oxygen atoms in total. The summed E-state index contributed by atoms with van der Waals surface area (Å²) in [5, 5.41) is 1.84. The van der Waals surface area contributed by atoms with Crippen LogP contribution in [0.25, 0.3) is 11.0 Å². The van der Waals surface area contributed by atoms with Gasteiger partial charge in [0, 0.05) is 55.7 Å². The molecule has 1 aromatic heterocycles. The highest BCUT2D eigenvalue weighted by atomic mass is 35.5. The number of benzene rings is 2. The summed E-state index contributed by atoms with van der Waals surface area (Å²) in [7, 11) is 0. The summed E-state index contributed by atoms with van der Waals surface area (Å²) in [5.41, 5.74) is 4.02. The van der Waals surface area contributed by atoms with E-state index in [9.17, 15) is 4.79 Å². The largest absolute Gasteiger partial charge is 0.423 e. The summed E-state index contributed by atoms with van der Waals surface area (Å²) >= 11 is 5.97. The van der Waals surface area contributed by atoms with E-state index in [0.29, 0.717) is 5.58 Å². The molecule has 2 aromatic carbocycles. The summed E-state index contributed by atoms with van der Waals surface area (Å²) in [6, 6.07) is 15.8. The summed E-state index contributed by atoms with van der Waals surface area (Å²) in [5.74, 6) is 0. The van der Waals surface area contributed by atoms with E-state index in [-0.39, 0.29) is 5.63 Å².